The lowest BCUT2D eigenvalue weighted by molar-refractivity contribution is -0.128. The number of morpholine rings is 1. The second kappa shape index (κ2) is 9.26. The fourth-order valence-corrected chi connectivity index (χ4v) is 5.19. The summed E-state index contributed by atoms with van der Waals surface area (Å²) < 4.78 is 7.70. The summed E-state index contributed by atoms with van der Waals surface area (Å²) in [6.45, 7) is 6.20. The van der Waals surface area contributed by atoms with E-state index in [4.69, 9.17) is 16.3 Å². The number of ether oxygens (including phenoxy) is 1. The monoisotopic (exact) mass is 462 g/mol. The standard InChI is InChI=1S/C21H27ClN6O2S/c22-16-2-1-3-18(14-16)25-6-8-26(9-7-25)19(29)15-31-21-24-23-20(28(21)17-4-5-17)27-10-12-30-13-11-27/h1-3,14,17H,4-13,15H2. The van der Waals surface area contributed by atoms with E-state index < -0.39 is 0 Å². The number of hydrogen-bond donors (Lipinski definition) is 0. The maximum atomic E-state index is 12.9. The average molecular weight is 463 g/mol. The van der Waals surface area contributed by atoms with Crippen LogP contribution in [0.1, 0.15) is 18.9 Å². The fraction of sp³-hybridized carbons (Fsp3) is 0.571. The molecule has 8 nitrogen and oxygen atoms in total. The Bertz CT molecular complexity index is 922. The van der Waals surface area contributed by atoms with Gasteiger partial charge < -0.3 is 19.4 Å². The van der Waals surface area contributed by atoms with Crippen molar-refractivity contribution < 1.29 is 9.53 Å². The average Bonchev–Trinajstić information content (AvgIpc) is 3.57. The highest BCUT2D eigenvalue weighted by Crippen LogP contribution is 2.41. The molecule has 2 saturated heterocycles. The lowest BCUT2D eigenvalue weighted by Crippen LogP contribution is -2.49. The molecule has 10 heteroatoms. The van der Waals surface area contributed by atoms with Crippen LogP contribution in [0.25, 0.3) is 0 Å². The second-order valence-corrected chi connectivity index (χ2v) is 9.50. The van der Waals surface area contributed by atoms with Gasteiger partial charge in [0.15, 0.2) is 5.16 Å². The molecule has 1 aromatic carbocycles. The number of nitrogens with zero attached hydrogens (tertiary/aromatic N) is 6. The summed E-state index contributed by atoms with van der Waals surface area (Å²) in [4.78, 5) is 19.3. The van der Waals surface area contributed by atoms with Crippen molar-refractivity contribution in [2.45, 2.75) is 24.0 Å². The summed E-state index contributed by atoms with van der Waals surface area (Å²) in [6, 6.07) is 8.35. The van der Waals surface area contributed by atoms with Crippen LogP contribution in [-0.2, 0) is 9.53 Å². The Hall–Kier alpha value is -1.97. The van der Waals surface area contributed by atoms with E-state index in [-0.39, 0.29) is 5.91 Å². The van der Waals surface area contributed by atoms with Crippen molar-refractivity contribution >= 4 is 40.9 Å². The van der Waals surface area contributed by atoms with Crippen molar-refractivity contribution in [3.8, 4) is 0 Å². The van der Waals surface area contributed by atoms with Crippen molar-refractivity contribution in [3.63, 3.8) is 0 Å². The van der Waals surface area contributed by atoms with Crippen LogP contribution in [0, 0.1) is 0 Å². The molecule has 2 aromatic rings. The van der Waals surface area contributed by atoms with Gasteiger partial charge in [0.1, 0.15) is 0 Å². The molecule has 1 saturated carbocycles. The highest BCUT2D eigenvalue weighted by molar-refractivity contribution is 7.99. The molecule has 5 rings (SSSR count). The van der Waals surface area contributed by atoms with E-state index in [0.29, 0.717) is 11.8 Å². The van der Waals surface area contributed by atoms with Gasteiger partial charge in [0.25, 0.3) is 0 Å². The van der Waals surface area contributed by atoms with Gasteiger partial charge in [-0.25, -0.2) is 0 Å². The smallest absolute Gasteiger partial charge is 0.233 e. The summed E-state index contributed by atoms with van der Waals surface area (Å²) in [5, 5.41) is 10.5. The molecule has 0 radical (unpaired) electrons. The van der Waals surface area contributed by atoms with Crippen LogP contribution in [0.4, 0.5) is 11.6 Å². The molecule has 0 bridgehead atoms. The molecule has 0 N–H and O–H groups in total. The van der Waals surface area contributed by atoms with E-state index in [1.165, 1.54) is 11.8 Å². The molecule has 0 spiro atoms. The summed E-state index contributed by atoms with van der Waals surface area (Å²) >= 11 is 7.63. The van der Waals surface area contributed by atoms with Crippen molar-refractivity contribution in [3.05, 3.63) is 29.3 Å². The van der Waals surface area contributed by atoms with Crippen LogP contribution >= 0.6 is 23.4 Å². The fourth-order valence-electron chi connectivity index (χ4n) is 4.10. The number of amides is 1. The lowest BCUT2D eigenvalue weighted by atomic mass is 10.2. The molecule has 0 unspecified atom stereocenters. The molecule has 1 aromatic heterocycles. The van der Waals surface area contributed by atoms with Gasteiger partial charge in [0.2, 0.25) is 11.9 Å². The largest absolute Gasteiger partial charge is 0.378 e. The molecule has 3 fully saturated rings. The molecule has 3 aliphatic rings. The molecule has 2 aliphatic heterocycles. The predicted molar refractivity (Wildman–Crippen MR) is 122 cm³/mol. The SMILES string of the molecule is O=C(CSc1nnc(N2CCOCC2)n1C1CC1)N1CCN(c2cccc(Cl)c2)CC1. The molecular formula is C21H27ClN6O2S. The molecular weight excluding hydrogens is 436 g/mol. The first-order chi connectivity index (χ1) is 15.2. The van der Waals surface area contributed by atoms with Crippen molar-refractivity contribution in [2.24, 2.45) is 0 Å². The Labute approximate surface area is 191 Å². The zero-order chi connectivity index (χ0) is 21.2. The first-order valence-corrected chi connectivity index (χ1v) is 12.2. The van der Waals surface area contributed by atoms with Crippen LogP contribution in [0.3, 0.4) is 0 Å². The molecule has 1 amide bonds. The highest BCUT2D eigenvalue weighted by atomic mass is 35.5. The number of thioether (sulfide) groups is 1. The number of anilines is 2. The number of hydrogen-bond acceptors (Lipinski definition) is 7. The zero-order valence-corrected chi connectivity index (χ0v) is 19.0. The van der Waals surface area contributed by atoms with E-state index >= 15 is 0 Å². The Morgan fingerprint density at radius 1 is 1.06 bits per heavy atom. The minimum Gasteiger partial charge on any atom is -0.378 e. The van der Waals surface area contributed by atoms with E-state index in [1.807, 2.05) is 23.1 Å². The lowest BCUT2D eigenvalue weighted by Gasteiger charge is -2.36. The van der Waals surface area contributed by atoms with E-state index in [1.54, 1.807) is 0 Å². The van der Waals surface area contributed by atoms with Gasteiger partial charge in [-0.15, -0.1) is 10.2 Å². The number of rotatable bonds is 6. The summed E-state index contributed by atoms with van der Waals surface area (Å²) in [5.41, 5.74) is 1.11. The summed E-state index contributed by atoms with van der Waals surface area (Å²) in [6.07, 6.45) is 2.31. The van der Waals surface area contributed by atoms with Gasteiger partial charge in [-0.1, -0.05) is 29.4 Å². The van der Waals surface area contributed by atoms with E-state index in [0.717, 1.165) is 87.1 Å². The van der Waals surface area contributed by atoms with E-state index in [2.05, 4.69) is 30.6 Å². The molecule has 166 valence electrons. The normalized spacial score (nSPS) is 19.7. The third-order valence-corrected chi connectivity index (χ3v) is 7.15. The first kappa shape index (κ1) is 20.9. The van der Waals surface area contributed by atoms with Gasteiger partial charge in [-0.3, -0.25) is 9.36 Å². The number of halogens is 1. The molecule has 31 heavy (non-hydrogen) atoms. The third kappa shape index (κ3) is 4.78. The van der Waals surface area contributed by atoms with Gasteiger partial charge in [-0.2, -0.15) is 0 Å². The highest BCUT2D eigenvalue weighted by Gasteiger charge is 2.32. The van der Waals surface area contributed by atoms with Gasteiger partial charge in [0.05, 0.1) is 19.0 Å². The Balaban J connectivity index is 1.17. The predicted octanol–water partition coefficient (Wildman–Crippen LogP) is 2.54. The van der Waals surface area contributed by atoms with Crippen LogP contribution in [0.5, 0.6) is 0 Å². The topological polar surface area (TPSA) is 66.7 Å². The minimum absolute atomic E-state index is 0.161. The van der Waals surface area contributed by atoms with Crippen molar-refractivity contribution in [2.75, 3.05) is 68.0 Å². The van der Waals surface area contributed by atoms with Gasteiger partial charge in [-0.05, 0) is 31.0 Å². The van der Waals surface area contributed by atoms with Crippen LogP contribution in [-0.4, -0.2) is 83.8 Å². The van der Waals surface area contributed by atoms with Gasteiger partial charge >= 0.3 is 0 Å². The Morgan fingerprint density at radius 3 is 2.55 bits per heavy atom. The molecule has 3 heterocycles. The summed E-state index contributed by atoms with van der Waals surface area (Å²) in [7, 11) is 0. The van der Waals surface area contributed by atoms with Crippen LogP contribution in [0.15, 0.2) is 29.4 Å². The zero-order valence-electron chi connectivity index (χ0n) is 17.5. The quantitative estimate of drug-likeness (QED) is 0.611. The second-order valence-electron chi connectivity index (χ2n) is 8.12. The summed E-state index contributed by atoms with van der Waals surface area (Å²) in [5.74, 6) is 1.48. The van der Waals surface area contributed by atoms with Crippen molar-refractivity contribution in [1.82, 2.24) is 19.7 Å². The number of aromatic nitrogens is 3. The number of carbonyl (C=O) groups is 1. The van der Waals surface area contributed by atoms with Gasteiger partial charge in [0, 0.05) is 56.0 Å². The maximum absolute atomic E-state index is 12.9. The molecule has 0 atom stereocenters. The number of carbonyl (C=O) groups excluding carboxylic acids is 1. The Morgan fingerprint density at radius 2 is 1.84 bits per heavy atom. The van der Waals surface area contributed by atoms with Crippen LogP contribution in [0.2, 0.25) is 5.02 Å². The van der Waals surface area contributed by atoms with Crippen LogP contribution < -0.4 is 9.80 Å². The number of piperazine rings is 1. The number of benzene rings is 1. The maximum Gasteiger partial charge on any atom is 0.233 e. The minimum atomic E-state index is 0.161. The Kier molecular flexibility index (Phi) is 6.24. The van der Waals surface area contributed by atoms with E-state index in [9.17, 15) is 4.79 Å². The molecule has 1 aliphatic carbocycles. The van der Waals surface area contributed by atoms with Crippen molar-refractivity contribution in [1.29, 1.82) is 0 Å². The first-order valence-electron chi connectivity index (χ1n) is 10.9. The third-order valence-electron chi connectivity index (χ3n) is 5.98.